The number of carbonyl (C=O) groups excluding carboxylic acids is 1. The van der Waals surface area contributed by atoms with E-state index in [2.05, 4.69) is 10.6 Å². The Morgan fingerprint density at radius 2 is 1.95 bits per heavy atom. The topological polar surface area (TPSA) is 110 Å². The molecule has 0 saturated heterocycles. The number of nitrogens with zero attached hydrogens (tertiary/aromatic N) is 1. The predicted molar refractivity (Wildman–Crippen MR) is 78.5 cm³/mol. The van der Waals surface area contributed by atoms with Crippen molar-refractivity contribution in [3.8, 4) is 0 Å². The monoisotopic (exact) mass is 280 g/mol. The van der Waals surface area contributed by atoms with Crippen LogP contribution < -0.4 is 16.4 Å². The van der Waals surface area contributed by atoms with E-state index in [0.29, 0.717) is 5.69 Å². The zero-order chi connectivity index (χ0) is 15.5. The van der Waals surface area contributed by atoms with Gasteiger partial charge in [-0.2, -0.15) is 0 Å². The van der Waals surface area contributed by atoms with Gasteiger partial charge in [-0.3, -0.25) is 14.9 Å². The summed E-state index contributed by atoms with van der Waals surface area (Å²) in [5.74, 6) is -0.192. The smallest absolute Gasteiger partial charge is 0.273 e. The number of hydrogen-bond acceptors (Lipinski definition) is 5. The number of nitrogens with one attached hydrogen (secondary N) is 2. The van der Waals surface area contributed by atoms with Crippen molar-refractivity contribution in [3.63, 3.8) is 0 Å². The van der Waals surface area contributed by atoms with Crippen LogP contribution in [0.25, 0.3) is 0 Å². The molecule has 0 heterocycles. The van der Waals surface area contributed by atoms with Crippen LogP contribution in [0.5, 0.6) is 0 Å². The first kappa shape index (κ1) is 15.7. The van der Waals surface area contributed by atoms with Gasteiger partial charge in [0.25, 0.3) is 5.69 Å². The number of benzene rings is 1. The van der Waals surface area contributed by atoms with E-state index in [4.69, 9.17) is 5.73 Å². The van der Waals surface area contributed by atoms with Crippen LogP contribution in [-0.4, -0.2) is 22.4 Å². The van der Waals surface area contributed by atoms with Crippen LogP contribution >= 0.6 is 0 Å². The van der Waals surface area contributed by atoms with Crippen molar-refractivity contribution < 1.29 is 9.72 Å². The first-order valence-corrected chi connectivity index (χ1v) is 6.22. The molecular formula is C13H20N4O3. The number of carbonyl (C=O) groups is 1. The van der Waals surface area contributed by atoms with E-state index in [-0.39, 0.29) is 22.8 Å². The first-order valence-electron chi connectivity index (χ1n) is 6.22. The Morgan fingerprint density at radius 3 is 2.45 bits per heavy atom. The summed E-state index contributed by atoms with van der Waals surface area (Å²) in [6.07, 6.45) is 0. The Morgan fingerprint density at radius 1 is 1.35 bits per heavy atom. The average molecular weight is 280 g/mol. The van der Waals surface area contributed by atoms with Crippen molar-refractivity contribution in [2.45, 2.75) is 39.3 Å². The second kappa shape index (κ2) is 5.77. The molecule has 110 valence electrons. The molecule has 0 aromatic heterocycles. The third-order valence-electron chi connectivity index (χ3n) is 2.43. The van der Waals surface area contributed by atoms with E-state index in [1.54, 1.807) is 13.0 Å². The molecule has 0 spiro atoms. The number of nitrogen functional groups attached to an aromatic ring is 1. The molecule has 0 aliphatic heterocycles. The molecule has 0 fully saturated rings. The van der Waals surface area contributed by atoms with Gasteiger partial charge in [0, 0.05) is 29.0 Å². The zero-order valence-electron chi connectivity index (χ0n) is 12.1. The molecule has 7 heteroatoms. The summed E-state index contributed by atoms with van der Waals surface area (Å²) >= 11 is 0. The van der Waals surface area contributed by atoms with Gasteiger partial charge in [-0.25, -0.2) is 0 Å². The fourth-order valence-electron chi connectivity index (χ4n) is 1.62. The second-order valence-corrected chi connectivity index (χ2v) is 5.68. The fraction of sp³-hybridized carbons (Fsp3) is 0.462. The van der Waals surface area contributed by atoms with E-state index in [0.717, 1.165) is 0 Å². The molecule has 1 aromatic carbocycles. The number of non-ortho nitro benzene ring substituents is 1. The van der Waals surface area contributed by atoms with Gasteiger partial charge in [0.1, 0.15) is 6.04 Å². The molecule has 4 N–H and O–H groups in total. The molecule has 1 atom stereocenters. The standard InChI is InChI=1S/C13H20N4O3/c1-8(12(18)16-13(2,3)4)15-10-5-9(14)6-11(7-10)17(19)20/h5-8,15H,14H2,1-4H3,(H,16,18). The maximum absolute atomic E-state index is 11.9. The third-order valence-corrected chi connectivity index (χ3v) is 2.43. The number of hydrogen-bond donors (Lipinski definition) is 3. The second-order valence-electron chi connectivity index (χ2n) is 5.68. The SMILES string of the molecule is CC(Nc1cc(N)cc([N+](=O)[O-])c1)C(=O)NC(C)(C)C. The van der Waals surface area contributed by atoms with Gasteiger partial charge in [0.15, 0.2) is 0 Å². The highest BCUT2D eigenvalue weighted by atomic mass is 16.6. The van der Waals surface area contributed by atoms with Gasteiger partial charge in [0.05, 0.1) is 4.92 Å². The van der Waals surface area contributed by atoms with Gasteiger partial charge in [0.2, 0.25) is 5.91 Å². The minimum Gasteiger partial charge on any atom is -0.398 e. The number of rotatable bonds is 4. The summed E-state index contributed by atoms with van der Waals surface area (Å²) in [6.45, 7) is 7.31. The molecule has 1 unspecified atom stereocenters. The van der Waals surface area contributed by atoms with Crippen molar-refractivity contribution >= 4 is 23.0 Å². The summed E-state index contributed by atoms with van der Waals surface area (Å²) in [5.41, 5.74) is 5.86. The minimum atomic E-state index is -0.532. The molecule has 0 aliphatic carbocycles. The summed E-state index contributed by atoms with van der Waals surface area (Å²) in [5, 5.41) is 16.5. The van der Waals surface area contributed by atoms with E-state index in [1.807, 2.05) is 20.8 Å². The molecule has 0 radical (unpaired) electrons. The normalized spacial score (nSPS) is 12.6. The molecule has 1 amide bonds. The van der Waals surface area contributed by atoms with Crippen LogP contribution in [0.15, 0.2) is 18.2 Å². The molecule has 20 heavy (non-hydrogen) atoms. The van der Waals surface area contributed by atoms with Crippen LogP contribution in [0.1, 0.15) is 27.7 Å². The van der Waals surface area contributed by atoms with Gasteiger partial charge < -0.3 is 16.4 Å². The molecule has 0 saturated carbocycles. The van der Waals surface area contributed by atoms with Crippen molar-refractivity contribution in [2.75, 3.05) is 11.1 Å². The van der Waals surface area contributed by atoms with Gasteiger partial charge in [-0.1, -0.05) is 0 Å². The van der Waals surface area contributed by atoms with Crippen molar-refractivity contribution in [3.05, 3.63) is 28.3 Å². The quantitative estimate of drug-likeness (QED) is 0.443. The highest BCUT2D eigenvalue weighted by Crippen LogP contribution is 2.22. The molecule has 7 nitrogen and oxygen atoms in total. The average Bonchev–Trinajstić information content (AvgIpc) is 2.25. The number of amides is 1. The Kier molecular flexibility index (Phi) is 4.54. The van der Waals surface area contributed by atoms with Crippen LogP contribution in [0.3, 0.4) is 0 Å². The highest BCUT2D eigenvalue weighted by molar-refractivity contribution is 5.85. The maximum atomic E-state index is 11.9. The predicted octanol–water partition coefficient (Wildman–Crippen LogP) is 1.89. The highest BCUT2D eigenvalue weighted by Gasteiger charge is 2.19. The number of nitro groups is 1. The van der Waals surface area contributed by atoms with Crippen molar-refractivity contribution in [1.29, 1.82) is 0 Å². The summed E-state index contributed by atoms with van der Waals surface area (Å²) in [7, 11) is 0. The van der Waals surface area contributed by atoms with Crippen LogP contribution in [0.4, 0.5) is 17.1 Å². The summed E-state index contributed by atoms with van der Waals surface area (Å²) in [4.78, 5) is 22.2. The summed E-state index contributed by atoms with van der Waals surface area (Å²) in [6, 6.07) is 3.63. The lowest BCUT2D eigenvalue weighted by atomic mass is 10.1. The Balaban J connectivity index is 2.83. The molecule has 0 bridgehead atoms. The Bertz CT molecular complexity index is 523. The fourth-order valence-corrected chi connectivity index (χ4v) is 1.62. The van der Waals surface area contributed by atoms with Crippen molar-refractivity contribution in [2.24, 2.45) is 0 Å². The van der Waals surface area contributed by atoms with E-state index in [1.165, 1.54) is 12.1 Å². The van der Waals surface area contributed by atoms with Gasteiger partial charge >= 0.3 is 0 Å². The van der Waals surface area contributed by atoms with E-state index >= 15 is 0 Å². The minimum absolute atomic E-state index is 0.115. The third kappa shape index (κ3) is 4.75. The molecule has 1 aromatic rings. The Hall–Kier alpha value is -2.31. The van der Waals surface area contributed by atoms with Gasteiger partial charge in [-0.15, -0.1) is 0 Å². The van der Waals surface area contributed by atoms with E-state index < -0.39 is 11.0 Å². The molecule has 0 aliphatic rings. The van der Waals surface area contributed by atoms with Crippen LogP contribution in [0, 0.1) is 10.1 Å². The van der Waals surface area contributed by atoms with Crippen LogP contribution in [0.2, 0.25) is 0 Å². The zero-order valence-corrected chi connectivity index (χ0v) is 12.1. The lowest BCUT2D eigenvalue weighted by molar-refractivity contribution is -0.384. The first-order chi connectivity index (χ1) is 9.08. The van der Waals surface area contributed by atoms with Crippen LogP contribution in [-0.2, 0) is 4.79 Å². The maximum Gasteiger partial charge on any atom is 0.273 e. The van der Waals surface area contributed by atoms with Crippen molar-refractivity contribution in [1.82, 2.24) is 5.32 Å². The number of anilines is 2. The lowest BCUT2D eigenvalue weighted by Gasteiger charge is -2.24. The van der Waals surface area contributed by atoms with Gasteiger partial charge in [-0.05, 0) is 33.8 Å². The van der Waals surface area contributed by atoms with E-state index in [9.17, 15) is 14.9 Å². The Labute approximate surface area is 117 Å². The number of nitrogens with two attached hydrogens (primary N) is 1. The molecule has 1 rings (SSSR count). The largest absolute Gasteiger partial charge is 0.398 e. The molecular weight excluding hydrogens is 260 g/mol. The summed E-state index contributed by atoms with van der Waals surface area (Å²) < 4.78 is 0. The number of nitro benzene ring substituents is 1. The lowest BCUT2D eigenvalue weighted by Crippen LogP contribution is -2.47.